The van der Waals surface area contributed by atoms with Gasteiger partial charge >= 0.3 is 5.69 Å². The number of carbonyl (C=O) groups excluding carboxylic acids is 1. The number of rotatable bonds is 3. The van der Waals surface area contributed by atoms with Crippen LogP contribution in [0.5, 0.6) is 0 Å². The van der Waals surface area contributed by atoms with Gasteiger partial charge in [0.2, 0.25) is 0 Å². The van der Waals surface area contributed by atoms with Gasteiger partial charge in [-0.1, -0.05) is 18.2 Å². The lowest BCUT2D eigenvalue weighted by Gasteiger charge is -2.21. The Hall–Kier alpha value is -2.70. The van der Waals surface area contributed by atoms with Crippen LogP contribution in [0.1, 0.15) is 24.2 Å². The van der Waals surface area contributed by atoms with Gasteiger partial charge in [0.1, 0.15) is 17.9 Å². The highest BCUT2D eigenvalue weighted by Gasteiger charge is 2.30. The zero-order chi connectivity index (χ0) is 15.9. The van der Waals surface area contributed by atoms with Crippen molar-refractivity contribution in [3.63, 3.8) is 0 Å². The van der Waals surface area contributed by atoms with E-state index in [2.05, 4.69) is 5.10 Å². The number of aryl methyl sites for hydroxylation is 1. The highest BCUT2D eigenvalue weighted by atomic mass is 16.6. The lowest BCUT2D eigenvalue weighted by atomic mass is 10.2. The number of anilines is 1. The first kappa shape index (κ1) is 14.2. The summed E-state index contributed by atoms with van der Waals surface area (Å²) < 4.78 is 1.37. The van der Waals surface area contributed by atoms with E-state index < -0.39 is 11.0 Å². The third kappa shape index (κ3) is 2.24. The second-order valence-corrected chi connectivity index (χ2v) is 5.38. The van der Waals surface area contributed by atoms with Gasteiger partial charge in [-0.3, -0.25) is 19.6 Å². The maximum Gasteiger partial charge on any atom is 0.309 e. The standard InChI is InChI=1S/C15H16N4O3/c1-10-14(19(21)22)9-18(16-10)11(2)15(20)17-8-7-12-5-3-4-6-13(12)17/h3-6,9,11H,7-8H2,1-2H3. The van der Waals surface area contributed by atoms with Gasteiger partial charge < -0.3 is 4.90 Å². The number of nitrogens with zero attached hydrogens (tertiary/aromatic N) is 4. The van der Waals surface area contributed by atoms with Crippen LogP contribution in [0.15, 0.2) is 30.5 Å². The summed E-state index contributed by atoms with van der Waals surface area (Å²) in [6, 6.07) is 7.20. The molecule has 1 aliphatic rings. The van der Waals surface area contributed by atoms with Gasteiger partial charge in [-0.15, -0.1) is 0 Å². The summed E-state index contributed by atoms with van der Waals surface area (Å²) in [5, 5.41) is 15.0. The maximum absolute atomic E-state index is 12.7. The molecule has 7 nitrogen and oxygen atoms in total. The minimum absolute atomic E-state index is 0.0681. The lowest BCUT2D eigenvalue weighted by molar-refractivity contribution is -0.385. The van der Waals surface area contributed by atoms with Gasteiger partial charge in [0.05, 0.1) is 4.92 Å². The topological polar surface area (TPSA) is 81.3 Å². The number of hydrogen-bond acceptors (Lipinski definition) is 4. The normalized spacial score (nSPS) is 14.7. The van der Waals surface area contributed by atoms with Gasteiger partial charge in [-0.25, -0.2) is 0 Å². The minimum atomic E-state index is -0.585. The molecule has 1 aromatic heterocycles. The number of para-hydroxylation sites is 1. The Balaban J connectivity index is 1.87. The molecule has 7 heteroatoms. The van der Waals surface area contributed by atoms with Crippen LogP contribution in [0.25, 0.3) is 0 Å². The molecule has 1 aromatic carbocycles. The molecule has 0 radical (unpaired) electrons. The first-order valence-corrected chi connectivity index (χ1v) is 7.08. The average molecular weight is 300 g/mol. The smallest absolute Gasteiger partial charge is 0.309 e. The number of carbonyl (C=O) groups is 1. The van der Waals surface area contributed by atoms with Crippen molar-refractivity contribution in [2.75, 3.05) is 11.4 Å². The molecule has 2 aromatic rings. The van der Waals surface area contributed by atoms with Crippen LogP contribution >= 0.6 is 0 Å². The van der Waals surface area contributed by atoms with Gasteiger partial charge in [0, 0.05) is 12.2 Å². The second-order valence-electron chi connectivity index (χ2n) is 5.38. The molecule has 0 fully saturated rings. The lowest BCUT2D eigenvalue weighted by Crippen LogP contribution is -2.35. The Bertz CT molecular complexity index is 753. The van der Waals surface area contributed by atoms with E-state index in [4.69, 9.17) is 0 Å². The molecule has 3 rings (SSSR count). The summed E-state index contributed by atoms with van der Waals surface area (Å²) in [4.78, 5) is 24.8. The fourth-order valence-electron chi connectivity index (χ4n) is 2.76. The molecule has 1 unspecified atom stereocenters. The highest BCUT2D eigenvalue weighted by molar-refractivity contribution is 5.97. The molecule has 1 atom stereocenters. The van der Waals surface area contributed by atoms with Crippen molar-refractivity contribution in [1.82, 2.24) is 9.78 Å². The molecular formula is C15H16N4O3. The van der Waals surface area contributed by atoms with Gasteiger partial charge in [-0.2, -0.15) is 5.10 Å². The summed E-state index contributed by atoms with van der Waals surface area (Å²) in [5.41, 5.74) is 2.30. The van der Waals surface area contributed by atoms with Gasteiger partial charge in [0.15, 0.2) is 0 Å². The third-order valence-electron chi connectivity index (χ3n) is 3.99. The Labute approximate surface area is 127 Å². The summed E-state index contributed by atoms with van der Waals surface area (Å²) in [6.07, 6.45) is 2.15. The first-order valence-electron chi connectivity index (χ1n) is 7.08. The molecule has 0 saturated carbocycles. The fraction of sp³-hybridized carbons (Fsp3) is 0.333. The van der Waals surface area contributed by atoms with Crippen LogP contribution in [-0.2, 0) is 11.2 Å². The van der Waals surface area contributed by atoms with Crippen molar-refractivity contribution in [3.05, 3.63) is 51.8 Å². The molecule has 22 heavy (non-hydrogen) atoms. The van der Waals surface area contributed by atoms with E-state index in [-0.39, 0.29) is 11.6 Å². The number of amides is 1. The van der Waals surface area contributed by atoms with E-state index in [1.165, 1.54) is 10.9 Å². The predicted octanol–water partition coefficient (Wildman–Crippen LogP) is 2.25. The van der Waals surface area contributed by atoms with Crippen molar-refractivity contribution in [3.8, 4) is 0 Å². The quantitative estimate of drug-likeness (QED) is 0.643. The number of benzene rings is 1. The molecule has 0 aliphatic carbocycles. The molecule has 0 bridgehead atoms. The SMILES string of the molecule is Cc1nn(C(C)C(=O)N2CCc3ccccc32)cc1[N+](=O)[O-]. The van der Waals surface area contributed by atoms with Crippen molar-refractivity contribution in [1.29, 1.82) is 0 Å². The van der Waals surface area contributed by atoms with Gasteiger partial charge in [-0.05, 0) is 31.9 Å². The summed E-state index contributed by atoms with van der Waals surface area (Å²) >= 11 is 0. The van der Waals surface area contributed by atoms with Crippen LogP contribution in [0, 0.1) is 17.0 Å². The second kappa shape index (κ2) is 5.25. The summed E-state index contributed by atoms with van der Waals surface area (Å²) in [6.45, 7) is 3.90. The Morgan fingerprint density at radius 2 is 2.14 bits per heavy atom. The van der Waals surface area contributed by atoms with Crippen molar-refractivity contribution >= 4 is 17.3 Å². The molecule has 0 saturated heterocycles. The van der Waals surface area contributed by atoms with Crippen LogP contribution < -0.4 is 4.90 Å². The Kier molecular flexibility index (Phi) is 3.40. The van der Waals surface area contributed by atoms with Crippen molar-refractivity contribution in [2.45, 2.75) is 26.3 Å². The average Bonchev–Trinajstić information content (AvgIpc) is 3.09. The van der Waals surface area contributed by atoms with Crippen molar-refractivity contribution in [2.24, 2.45) is 0 Å². The first-order chi connectivity index (χ1) is 10.5. The van der Waals surface area contributed by atoms with Crippen LogP contribution in [-0.4, -0.2) is 27.2 Å². The highest BCUT2D eigenvalue weighted by Crippen LogP contribution is 2.30. The van der Waals surface area contributed by atoms with Gasteiger partial charge in [0.25, 0.3) is 5.91 Å². The maximum atomic E-state index is 12.7. The number of nitro groups is 1. The van der Waals surface area contributed by atoms with E-state index in [0.717, 1.165) is 17.7 Å². The molecular weight excluding hydrogens is 284 g/mol. The van der Waals surface area contributed by atoms with E-state index in [1.54, 1.807) is 18.7 Å². The van der Waals surface area contributed by atoms with Crippen LogP contribution in [0.4, 0.5) is 11.4 Å². The number of hydrogen-bond donors (Lipinski definition) is 0. The molecule has 0 N–H and O–H groups in total. The van der Waals surface area contributed by atoms with Crippen molar-refractivity contribution < 1.29 is 9.72 Å². The van der Waals surface area contributed by atoms with E-state index >= 15 is 0 Å². The Morgan fingerprint density at radius 3 is 2.82 bits per heavy atom. The minimum Gasteiger partial charge on any atom is -0.310 e. The fourth-order valence-corrected chi connectivity index (χ4v) is 2.76. The monoisotopic (exact) mass is 300 g/mol. The zero-order valence-electron chi connectivity index (χ0n) is 12.4. The third-order valence-corrected chi connectivity index (χ3v) is 3.99. The molecule has 1 aliphatic heterocycles. The number of aromatic nitrogens is 2. The molecule has 2 heterocycles. The van der Waals surface area contributed by atoms with Crippen LogP contribution in [0.2, 0.25) is 0 Å². The molecule has 114 valence electrons. The molecule has 1 amide bonds. The largest absolute Gasteiger partial charge is 0.310 e. The predicted molar refractivity (Wildman–Crippen MR) is 80.8 cm³/mol. The Morgan fingerprint density at radius 1 is 1.41 bits per heavy atom. The van der Waals surface area contributed by atoms with Crippen LogP contribution in [0.3, 0.4) is 0 Å². The molecule has 0 spiro atoms. The zero-order valence-corrected chi connectivity index (χ0v) is 12.4. The summed E-state index contributed by atoms with van der Waals surface area (Å²) in [7, 11) is 0. The van der Waals surface area contributed by atoms with E-state index in [9.17, 15) is 14.9 Å². The summed E-state index contributed by atoms with van der Waals surface area (Å²) in [5.74, 6) is -0.109. The number of fused-ring (bicyclic) bond motifs is 1. The van der Waals surface area contributed by atoms with E-state index in [1.807, 2.05) is 24.3 Å². The van der Waals surface area contributed by atoms with E-state index in [0.29, 0.717) is 12.2 Å².